The van der Waals surface area contributed by atoms with Crippen LogP contribution in [-0.2, 0) is 0 Å². The minimum absolute atomic E-state index is 0.529. The molecule has 2 aromatic rings. The van der Waals surface area contributed by atoms with Crippen molar-refractivity contribution in [2.75, 3.05) is 5.88 Å². The van der Waals surface area contributed by atoms with Gasteiger partial charge < -0.3 is 4.98 Å². The molecule has 1 aromatic carbocycles. The van der Waals surface area contributed by atoms with Gasteiger partial charge in [0.1, 0.15) is 0 Å². The number of rotatable bonds is 2. The van der Waals surface area contributed by atoms with Crippen molar-refractivity contribution >= 4 is 28.7 Å². The van der Waals surface area contributed by atoms with E-state index >= 15 is 0 Å². The number of fused-ring (bicyclic) bond motifs is 1. The Balaban J connectivity index is 2.54. The molecule has 0 unspecified atom stereocenters. The van der Waals surface area contributed by atoms with Gasteiger partial charge in [-0.25, -0.2) is 4.98 Å². The van der Waals surface area contributed by atoms with Crippen LogP contribution in [0.3, 0.4) is 0 Å². The fraction of sp³-hybridized carbons (Fsp3) is 0.100. The fourth-order valence-corrected chi connectivity index (χ4v) is 1.38. The van der Waals surface area contributed by atoms with E-state index in [9.17, 15) is 0 Å². The van der Waals surface area contributed by atoms with Gasteiger partial charge in [-0.1, -0.05) is 24.3 Å². The standard InChI is InChI=1S/C10H9ClN2/c11-6-2-4-8-3-1-5-9-10(8)13-7-12-9/h1-5,7H,6H2,(H,12,13). The van der Waals surface area contributed by atoms with Crippen LogP contribution in [0.15, 0.2) is 30.6 Å². The highest BCUT2D eigenvalue weighted by atomic mass is 35.5. The molecule has 0 amide bonds. The van der Waals surface area contributed by atoms with Crippen molar-refractivity contribution in [3.8, 4) is 0 Å². The monoisotopic (exact) mass is 192 g/mol. The number of nitrogens with zero attached hydrogens (tertiary/aromatic N) is 1. The molecule has 0 saturated carbocycles. The Morgan fingerprint density at radius 3 is 3.23 bits per heavy atom. The van der Waals surface area contributed by atoms with E-state index in [2.05, 4.69) is 9.97 Å². The molecule has 0 bridgehead atoms. The summed E-state index contributed by atoms with van der Waals surface area (Å²) >= 11 is 5.56. The number of imidazole rings is 1. The summed E-state index contributed by atoms with van der Waals surface area (Å²) in [6.45, 7) is 0. The van der Waals surface area contributed by atoms with Crippen LogP contribution in [0.25, 0.3) is 17.1 Å². The van der Waals surface area contributed by atoms with E-state index in [1.165, 1.54) is 0 Å². The highest BCUT2D eigenvalue weighted by molar-refractivity contribution is 6.19. The van der Waals surface area contributed by atoms with Crippen LogP contribution < -0.4 is 0 Å². The van der Waals surface area contributed by atoms with E-state index in [-0.39, 0.29) is 0 Å². The van der Waals surface area contributed by atoms with Crippen LogP contribution in [0, 0.1) is 0 Å². The Morgan fingerprint density at radius 2 is 2.38 bits per heavy atom. The van der Waals surface area contributed by atoms with Crippen molar-refractivity contribution in [1.29, 1.82) is 0 Å². The van der Waals surface area contributed by atoms with E-state index < -0.39 is 0 Å². The largest absolute Gasteiger partial charge is 0.345 e. The predicted molar refractivity (Wildman–Crippen MR) is 55.8 cm³/mol. The van der Waals surface area contributed by atoms with Crippen molar-refractivity contribution in [3.63, 3.8) is 0 Å². The predicted octanol–water partition coefficient (Wildman–Crippen LogP) is 2.81. The summed E-state index contributed by atoms with van der Waals surface area (Å²) < 4.78 is 0. The molecule has 0 spiro atoms. The van der Waals surface area contributed by atoms with Crippen LogP contribution >= 0.6 is 11.6 Å². The summed E-state index contributed by atoms with van der Waals surface area (Å²) in [6.07, 6.45) is 5.59. The van der Waals surface area contributed by atoms with Gasteiger partial charge in [0, 0.05) is 11.4 Å². The molecule has 1 heterocycles. The van der Waals surface area contributed by atoms with Crippen molar-refractivity contribution in [2.24, 2.45) is 0 Å². The molecule has 2 nitrogen and oxygen atoms in total. The zero-order chi connectivity index (χ0) is 9.10. The average Bonchev–Trinajstić information content (AvgIpc) is 2.62. The average molecular weight is 193 g/mol. The molecular weight excluding hydrogens is 184 g/mol. The van der Waals surface area contributed by atoms with E-state index in [1.54, 1.807) is 6.33 Å². The molecule has 3 heteroatoms. The van der Waals surface area contributed by atoms with Crippen molar-refractivity contribution < 1.29 is 0 Å². The van der Waals surface area contributed by atoms with Gasteiger partial charge in [0.15, 0.2) is 0 Å². The Bertz CT molecular complexity index is 431. The summed E-state index contributed by atoms with van der Waals surface area (Å²) in [6, 6.07) is 6.01. The molecule has 13 heavy (non-hydrogen) atoms. The molecule has 0 aliphatic rings. The van der Waals surface area contributed by atoms with Gasteiger partial charge in [-0.05, 0) is 6.07 Å². The number of hydrogen-bond acceptors (Lipinski definition) is 1. The summed E-state index contributed by atoms with van der Waals surface area (Å²) in [4.78, 5) is 7.28. The molecule has 0 aliphatic heterocycles. The summed E-state index contributed by atoms with van der Waals surface area (Å²) in [5.74, 6) is 0.529. The van der Waals surface area contributed by atoms with Crippen molar-refractivity contribution in [2.45, 2.75) is 0 Å². The lowest BCUT2D eigenvalue weighted by Gasteiger charge is -1.93. The molecule has 2 rings (SSSR count). The Morgan fingerprint density at radius 1 is 1.46 bits per heavy atom. The van der Waals surface area contributed by atoms with Gasteiger partial charge in [-0.15, -0.1) is 11.6 Å². The first-order valence-corrected chi connectivity index (χ1v) is 4.60. The minimum Gasteiger partial charge on any atom is -0.345 e. The quantitative estimate of drug-likeness (QED) is 0.729. The summed E-state index contributed by atoms with van der Waals surface area (Å²) in [7, 11) is 0. The second kappa shape index (κ2) is 3.62. The second-order valence-electron chi connectivity index (χ2n) is 2.70. The summed E-state index contributed by atoms with van der Waals surface area (Å²) in [5.41, 5.74) is 3.14. The first-order valence-electron chi connectivity index (χ1n) is 4.06. The molecule has 66 valence electrons. The third-order valence-electron chi connectivity index (χ3n) is 1.87. The number of aromatic nitrogens is 2. The van der Waals surface area contributed by atoms with Crippen LogP contribution in [0.1, 0.15) is 5.56 Å². The number of aromatic amines is 1. The molecule has 0 fully saturated rings. The molecule has 0 aliphatic carbocycles. The maximum Gasteiger partial charge on any atom is 0.0954 e. The summed E-state index contributed by atoms with van der Waals surface area (Å²) in [5, 5.41) is 0. The van der Waals surface area contributed by atoms with E-state index in [0.717, 1.165) is 16.6 Å². The molecule has 0 radical (unpaired) electrons. The number of nitrogens with one attached hydrogen (secondary N) is 1. The van der Waals surface area contributed by atoms with Gasteiger partial charge in [0.25, 0.3) is 0 Å². The molecular formula is C10H9ClN2. The first-order chi connectivity index (χ1) is 6.42. The fourth-order valence-electron chi connectivity index (χ4n) is 1.29. The Kier molecular flexibility index (Phi) is 2.32. The van der Waals surface area contributed by atoms with E-state index in [0.29, 0.717) is 5.88 Å². The number of para-hydroxylation sites is 1. The lowest BCUT2D eigenvalue weighted by Crippen LogP contribution is -1.76. The minimum atomic E-state index is 0.529. The topological polar surface area (TPSA) is 28.7 Å². The lowest BCUT2D eigenvalue weighted by atomic mass is 10.2. The maximum absolute atomic E-state index is 5.56. The van der Waals surface area contributed by atoms with Crippen molar-refractivity contribution in [3.05, 3.63) is 36.2 Å². The van der Waals surface area contributed by atoms with Crippen LogP contribution in [0.2, 0.25) is 0 Å². The zero-order valence-corrected chi connectivity index (χ0v) is 7.75. The Labute approximate surface area is 81.3 Å². The molecule has 1 aromatic heterocycles. The van der Waals surface area contributed by atoms with Crippen LogP contribution in [0.5, 0.6) is 0 Å². The Hall–Kier alpha value is -1.28. The van der Waals surface area contributed by atoms with Gasteiger partial charge in [-0.3, -0.25) is 0 Å². The second-order valence-corrected chi connectivity index (χ2v) is 3.01. The lowest BCUT2D eigenvalue weighted by molar-refractivity contribution is 1.34. The van der Waals surface area contributed by atoms with Gasteiger partial charge >= 0.3 is 0 Å². The number of benzene rings is 1. The number of H-pyrrole nitrogens is 1. The smallest absolute Gasteiger partial charge is 0.0954 e. The molecule has 0 saturated heterocycles. The van der Waals surface area contributed by atoms with Crippen LogP contribution in [-0.4, -0.2) is 15.8 Å². The zero-order valence-electron chi connectivity index (χ0n) is 7.00. The third-order valence-corrected chi connectivity index (χ3v) is 2.05. The van der Waals surface area contributed by atoms with E-state index in [1.807, 2.05) is 30.4 Å². The SMILES string of the molecule is ClCC=Cc1cccc2[nH]cnc12. The maximum atomic E-state index is 5.56. The number of allylic oxidation sites excluding steroid dienone is 1. The number of alkyl halides is 1. The van der Waals surface area contributed by atoms with Crippen LogP contribution in [0.4, 0.5) is 0 Å². The highest BCUT2D eigenvalue weighted by Crippen LogP contribution is 2.15. The highest BCUT2D eigenvalue weighted by Gasteiger charge is 1.98. The van der Waals surface area contributed by atoms with E-state index in [4.69, 9.17) is 11.6 Å². The molecule has 0 atom stereocenters. The van der Waals surface area contributed by atoms with Gasteiger partial charge in [0.2, 0.25) is 0 Å². The number of halogens is 1. The third kappa shape index (κ3) is 1.58. The number of hydrogen-bond donors (Lipinski definition) is 1. The normalized spacial score (nSPS) is 11.5. The van der Waals surface area contributed by atoms with Crippen molar-refractivity contribution in [1.82, 2.24) is 9.97 Å². The molecule has 1 N–H and O–H groups in total. The van der Waals surface area contributed by atoms with Gasteiger partial charge in [0.05, 0.1) is 17.4 Å². The van der Waals surface area contributed by atoms with Gasteiger partial charge in [-0.2, -0.15) is 0 Å². The first kappa shape index (κ1) is 8.32.